The summed E-state index contributed by atoms with van der Waals surface area (Å²) in [6, 6.07) is 25.2. The molecule has 4 nitrogen and oxygen atoms in total. The van der Waals surface area contributed by atoms with Crippen molar-refractivity contribution in [2.45, 2.75) is 12.1 Å². The molecule has 0 atom stereocenters. The number of ether oxygens (including phenoxy) is 2. The number of nitrogen functional groups attached to an aromatic ring is 2. The van der Waals surface area contributed by atoms with Crippen LogP contribution in [0.15, 0.2) is 97.1 Å². The molecule has 0 bridgehead atoms. The van der Waals surface area contributed by atoms with E-state index in [4.69, 9.17) is 20.9 Å². The molecule has 0 spiro atoms. The zero-order valence-corrected chi connectivity index (χ0v) is 17.4. The molecule has 4 rings (SSSR count). The maximum absolute atomic E-state index is 14.0. The first-order valence-corrected chi connectivity index (χ1v) is 10.1. The van der Waals surface area contributed by atoms with E-state index in [1.807, 2.05) is 0 Å². The number of nitrogens with two attached hydrogens (primary N) is 2. The maximum Gasteiger partial charge on any atom is 0.399 e. The Hall–Kier alpha value is -4.13. The van der Waals surface area contributed by atoms with E-state index < -0.39 is 12.1 Å². The first-order valence-electron chi connectivity index (χ1n) is 10.1. The van der Waals surface area contributed by atoms with Gasteiger partial charge in [0.25, 0.3) is 0 Å². The third-order valence-electron chi connectivity index (χ3n) is 4.99. The highest BCUT2D eigenvalue weighted by atomic mass is 19.4. The van der Waals surface area contributed by atoms with E-state index >= 15 is 0 Å². The zero-order chi connectivity index (χ0) is 23.4. The minimum absolute atomic E-state index is 0.111. The quantitative estimate of drug-likeness (QED) is 0.307. The fraction of sp³-hybridized carbons (Fsp3) is 0.0769. The van der Waals surface area contributed by atoms with Crippen LogP contribution in [0.2, 0.25) is 0 Å². The Bertz CT molecular complexity index is 1100. The Morgan fingerprint density at radius 3 is 1.03 bits per heavy atom. The van der Waals surface area contributed by atoms with Crippen LogP contribution in [-0.4, -0.2) is 6.18 Å². The number of alkyl halides is 3. The Morgan fingerprint density at radius 2 is 0.758 bits per heavy atom. The topological polar surface area (TPSA) is 70.5 Å². The summed E-state index contributed by atoms with van der Waals surface area (Å²) in [4.78, 5) is 0. The molecule has 0 saturated carbocycles. The first kappa shape index (κ1) is 22.1. The van der Waals surface area contributed by atoms with Crippen molar-refractivity contribution in [2.75, 3.05) is 11.5 Å². The van der Waals surface area contributed by atoms with Crippen molar-refractivity contribution in [1.82, 2.24) is 0 Å². The average Bonchev–Trinajstić information content (AvgIpc) is 2.79. The molecule has 0 aliphatic heterocycles. The van der Waals surface area contributed by atoms with Crippen molar-refractivity contribution in [3.05, 3.63) is 108 Å². The highest BCUT2D eigenvalue weighted by Gasteiger charge is 2.41. The number of anilines is 2. The van der Waals surface area contributed by atoms with Gasteiger partial charge in [-0.3, -0.25) is 0 Å². The van der Waals surface area contributed by atoms with Gasteiger partial charge in [-0.25, -0.2) is 0 Å². The van der Waals surface area contributed by atoms with E-state index in [1.54, 1.807) is 48.5 Å². The van der Waals surface area contributed by atoms with Gasteiger partial charge in [0.15, 0.2) is 0 Å². The summed E-state index contributed by atoms with van der Waals surface area (Å²) in [5.41, 5.74) is 12.7. The summed E-state index contributed by atoms with van der Waals surface area (Å²) in [5.74, 6) is 0.157. The van der Waals surface area contributed by atoms with Gasteiger partial charge >= 0.3 is 6.18 Å². The molecule has 0 heterocycles. The van der Waals surface area contributed by atoms with Gasteiger partial charge in [-0.2, -0.15) is 13.2 Å². The molecule has 0 radical (unpaired) electrons. The molecular weight excluding hydrogens is 429 g/mol. The van der Waals surface area contributed by atoms with Crippen molar-refractivity contribution in [3.8, 4) is 23.0 Å². The largest absolute Gasteiger partial charge is 0.457 e. The van der Waals surface area contributed by atoms with Crippen LogP contribution < -0.4 is 20.9 Å². The number of halogens is 3. The standard InChI is InChI=1S/C26H21F3N2O2/c27-26(28,29)25(17-1-9-21(10-2-17)32-23-13-5-19(30)6-14-23)18-3-11-22(12-4-18)33-24-15-7-20(31)8-16-24/h1-16,25H,30-31H2. The van der Waals surface area contributed by atoms with Gasteiger partial charge in [0.05, 0.1) is 0 Å². The van der Waals surface area contributed by atoms with Crippen molar-refractivity contribution in [2.24, 2.45) is 0 Å². The molecule has 168 valence electrons. The zero-order valence-electron chi connectivity index (χ0n) is 17.4. The Morgan fingerprint density at radius 1 is 0.485 bits per heavy atom. The molecule has 7 heteroatoms. The smallest absolute Gasteiger partial charge is 0.399 e. The van der Waals surface area contributed by atoms with Crippen LogP contribution in [0.4, 0.5) is 24.5 Å². The Labute approximate surface area is 189 Å². The summed E-state index contributed by atoms with van der Waals surface area (Å²) in [7, 11) is 0. The maximum atomic E-state index is 14.0. The van der Waals surface area contributed by atoms with Gasteiger partial charge in [-0.05, 0) is 83.9 Å². The highest BCUT2D eigenvalue weighted by Crippen LogP contribution is 2.41. The fourth-order valence-corrected chi connectivity index (χ4v) is 3.37. The molecule has 0 fully saturated rings. The van der Waals surface area contributed by atoms with Crippen molar-refractivity contribution in [3.63, 3.8) is 0 Å². The number of rotatable bonds is 6. The molecule has 33 heavy (non-hydrogen) atoms. The molecule has 0 aliphatic carbocycles. The SMILES string of the molecule is Nc1ccc(Oc2ccc(C(c3ccc(Oc4ccc(N)cc4)cc3)C(F)(F)F)cc2)cc1. The third kappa shape index (κ3) is 5.57. The van der Waals surface area contributed by atoms with Crippen molar-refractivity contribution in [1.29, 1.82) is 0 Å². The summed E-state index contributed by atoms with van der Waals surface area (Å²) < 4.78 is 53.3. The second kappa shape index (κ2) is 9.16. The lowest BCUT2D eigenvalue weighted by molar-refractivity contribution is -0.141. The predicted molar refractivity (Wildman–Crippen MR) is 123 cm³/mol. The predicted octanol–water partition coefficient (Wildman–Crippen LogP) is 7.13. The number of benzene rings is 4. The lowest BCUT2D eigenvalue weighted by Crippen LogP contribution is -2.21. The van der Waals surface area contributed by atoms with Crippen LogP contribution in [-0.2, 0) is 0 Å². The van der Waals surface area contributed by atoms with Crippen LogP contribution in [0.1, 0.15) is 17.0 Å². The van der Waals surface area contributed by atoms with Gasteiger partial charge in [0, 0.05) is 11.4 Å². The minimum Gasteiger partial charge on any atom is -0.457 e. The van der Waals surface area contributed by atoms with Crippen molar-refractivity contribution >= 4 is 11.4 Å². The number of hydrogen-bond donors (Lipinski definition) is 2. The highest BCUT2D eigenvalue weighted by molar-refractivity contribution is 5.45. The first-order chi connectivity index (χ1) is 15.8. The molecule has 0 saturated heterocycles. The lowest BCUT2D eigenvalue weighted by atomic mass is 9.90. The normalized spacial score (nSPS) is 11.4. The molecular formula is C26H21F3N2O2. The second-order valence-corrected chi connectivity index (χ2v) is 7.45. The average molecular weight is 450 g/mol. The molecule has 0 aliphatic rings. The summed E-state index contributed by atoms with van der Waals surface area (Å²) in [6.07, 6.45) is -4.47. The van der Waals surface area contributed by atoms with Crippen LogP contribution in [0.25, 0.3) is 0 Å². The fourth-order valence-electron chi connectivity index (χ4n) is 3.37. The van der Waals surface area contributed by atoms with E-state index in [9.17, 15) is 13.2 Å². The molecule has 0 amide bonds. The van der Waals surface area contributed by atoms with Gasteiger partial charge < -0.3 is 20.9 Å². The van der Waals surface area contributed by atoms with Crippen LogP contribution in [0, 0.1) is 0 Å². The third-order valence-corrected chi connectivity index (χ3v) is 4.99. The van der Waals surface area contributed by atoms with Crippen molar-refractivity contribution < 1.29 is 22.6 Å². The molecule has 0 unspecified atom stereocenters. The van der Waals surface area contributed by atoms with Gasteiger partial charge in [-0.1, -0.05) is 24.3 Å². The van der Waals surface area contributed by atoms with Crippen LogP contribution in [0.5, 0.6) is 23.0 Å². The molecule has 4 aromatic carbocycles. The molecule has 0 aromatic heterocycles. The van der Waals surface area contributed by atoms with Crippen LogP contribution >= 0.6 is 0 Å². The Kier molecular flexibility index (Phi) is 6.13. The van der Waals surface area contributed by atoms with Gasteiger partial charge in [0.2, 0.25) is 0 Å². The lowest BCUT2D eigenvalue weighted by Gasteiger charge is -2.22. The van der Waals surface area contributed by atoms with E-state index in [-0.39, 0.29) is 11.1 Å². The van der Waals surface area contributed by atoms with E-state index in [1.165, 1.54) is 48.5 Å². The van der Waals surface area contributed by atoms with E-state index in [0.29, 0.717) is 34.4 Å². The molecule has 4 aromatic rings. The Balaban J connectivity index is 1.53. The van der Waals surface area contributed by atoms with E-state index in [2.05, 4.69) is 0 Å². The summed E-state index contributed by atoms with van der Waals surface area (Å²) >= 11 is 0. The second-order valence-electron chi connectivity index (χ2n) is 7.45. The molecule has 4 N–H and O–H groups in total. The minimum atomic E-state index is -4.47. The van der Waals surface area contributed by atoms with E-state index in [0.717, 1.165) is 0 Å². The van der Waals surface area contributed by atoms with Gasteiger partial charge in [0.1, 0.15) is 28.9 Å². The number of hydrogen-bond acceptors (Lipinski definition) is 4. The van der Waals surface area contributed by atoms with Crippen LogP contribution in [0.3, 0.4) is 0 Å². The summed E-state index contributed by atoms with van der Waals surface area (Å²) in [5, 5.41) is 0. The monoisotopic (exact) mass is 450 g/mol. The van der Waals surface area contributed by atoms with Gasteiger partial charge in [-0.15, -0.1) is 0 Å². The summed E-state index contributed by atoms with van der Waals surface area (Å²) in [6.45, 7) is 0.